The molecule has 0 amide bonds. The van der Waals surface area contributed by atoms with Gasteiger partial charge in [0.1, 0.15) is 15.2 Å². The normalized spacial score (nSPS) is 10.9. The molecule has 0 radical (unpaired) electrons. The van der Waals surface area contributed by atoms with Gasteiger partial charge in [0.25, 0.3) is 10.0 Å². The van der Waals surface area contributed by atoms with Crippen LogP contribution in [-0.4, -0.2) is 8.42 Å². The van der Waals surface area contributed by atoms with E-state index in [1.807, 2.05) is 6.07 Å². The van der Waals surface area contributed by atoms with E-state index >= 15 is 0 Å². The van der Waals surface area contributed by atoms with Crippen molar-refractivity contribution in [3.63, 3.8) is 0 Å². The van der Waals surface area contributed by atoms with Gasteiger partial charge in [-0.3, -0.25) is 4.72 Å². The first-order chi connectivity index (χ1) is 8.92. The predicted molar refractivity (Wildman–Crippen MR) is 75.4 cm³/mol. The van der Waals surface area contributed by atoms with E-state index in [4.69, 9.17) is 11.0 Å². The Kier molecular flexibility index (Phi) is 3.46. The van der Waals surface area contributed by atoms with Gasteiger partial charge in [-0.05, 0) is 42.8 Å². The van der Waals surface area contributed by atoms with Gasteiger partial charge in [0.05, 0.1) is 5.69 Å². The van der Waals surface area contributed by atoms with Gasteiger partial charge >= 0.3 is 0 Å². The van der Waals surface area contributed by atoms with E-state index < -0.39 is 10.0 Å². The number of nitrogens with zero attached hydrogens (tertiary/aromatic N) is 1. The molecule has 19 heavy (non-hydrogen) atoms. The maximum Gasteiger partial charge on any atom is 0.271 e. The monoisotopic (exact) mass is 293 g/mol. The highest BCUT2D eigenvalue weighted by molar-refractivity contribution is 7.94. The van der Waals surface area contributed by atoms with E-state index in [2.05, 4.69) is 4.72 Å². The molecule has 2 aromatic rings. The van der Waals surface area contributed by atoms with Crippen molar-refractivity contribution in [3.05, 3.63) is 40.8 Å². The number of nitriles is 1. The summed E-state index contributed by atoms with van der Waals surface area (Å²) in [4.78, 5) is 0.356. The van der Waals surface area contributed by atoms with E-state index in [9.17, 15) is 8.42 Å². The standard InChI is InChI=1S/C12H11N3O2S2/c1-8-6-9(14)2-4-11(8)15-19(16,17)12-5-3-10(7-13)18-12/h2-6,15H,14H2,1H3. The second kappa shape index (κ2) is 4.91. The van der Waals surface area contributed by atoms with Gasteiger partial charge in [0.2, 0.25) is 0 Å². The van der Waals surface area contributed by atoms with Crippen molar-refractivity contribution in [1.29, 1.82) is 5.26 Å². The fourth-order valence-corrected chi connectivity index (χ4v) is 3.76. The van der Waals surface area contributed by atoms with E-state index in [0.717, 1.165) is 16.9 Å². The minimum atomic E-state index is -3.66. The third kappa shape index (κ3) is 2.86. The first kappa shape index (κ1) is 13.4. The lowest BCUT2D eigenvalue weighted by molar-refractivity contribution is 0.603. The SMILES string of the molecule is Cc1cc(N)ccc1NS(=O)(=O)c1ccc(C#N)s1. The number of hydrogen-bond donors (Lipinski definition) is 2. The van der Waals surface area contributed by atoms with Crippen LogP contribution in [0.2, 0.25) is 0 Å². The average Bonchev–Trinajstić information content (AvgIpc) is 2.82. The Balaban J connectivity index is 2.34. The van der Waals surface area contributed by atoms with Crippen LogP contribution >= 0.6 is 11.3 Å². The summed E-state index contributed by atoms with van der Waals surface area (Å²) in [5, 5.41) is 8.71. The summed E-state index contributed by atoms with van der Waals surface area (Å²) in [6.45, 7) is 1.77. The number of benzene rings is 1. The second-order valence-corrected chi connectivity index (χ2v) is 6.90. The smallest absolute Gasteiger partial charge is 0.271 e. The summed E-state index contributed by atoms with van der Waals surface area (Å²) < 4.78 is 26.8. The molecule has 0 bridgehead atoms. The second-order valence-electron chi connectivity index (χ2n) is 3.91. The van der Waals surface area contributed by atoms with Crippen LogP contribution in [0.15, 0.2) is 34.5 Å². The zero-order chi connectivity index (χ0) is 14.0. The summed E-state index contributed by atoms with van der Waals surface area (Å²) in [6, 6.07) is 9.73. The molecule has 0 fully saturated rings. The molecule has 1 heterocycles. The van der Waals surface area contributed by atoms with Gasteiger partial charge in [-0.1, -0.05) is 0 Å². The fourth-order valence-electron chi connectivity index (χ4n) is 1.52. The number of nitrogen functional groups attached to an aromatic ring is 1. The first-order valence-corrected chi connectivity index (χ1v) is 7.61. The van der Waals surface area contributed by atoms with Gasteiger partial charge in [-0.15, -0.1) is 11.3 Å². The van der Waals surface area contributed by atoms with Gasteiger partial charge in [-0.25, -0.2) is 8.42 Å². The lowest BCUT2D eigenvalue weighted by atomic mass is 10.2. The summed E-state index contributed by atoms with van der Waals surface area (Å²) in [5.41, 5.74) is 7.40. The van der Waals surface area contributed by atoms with Gasteiger partial charge < -0.3 is 5.73 Å². The van der Waals surface area contributed by atoms with E-state index in [1.54, 1.807) is 25.1 Å². The van der Waals surface area contributed by atoms with Crippen molar-refractivity contribution >= 4 is 32.7 Å². The van der Waals surface area contributed by atoms with Crippen LogP contribution in [0.25, 0.3) is 0 Å². The van der Waals surface area contributed by atoms with Crippen LogP contribution in [0.5, 0.6) is 0 Å². The van der Waals surface area contributed by atoms with Crippen LogP contribution in [0.4, 0.5) is 11.4 Å². The molecular weight excluding hydrogens is 282 g/mol. The topological polar surface area (TPSA) is 96.0 Å². The number of rotatable bonds is 3. The summed E-state index contributed by atoms with van der Waals surface area (Å²) in [5.74, 6) is 0. The Labute approximate surface area is 115 Å². The zero-order valence-corrected chi connectivity index (χ0v) is 11.7. The highest BCUT2D eigenvalue weighted by atomic mass is 32.2. The molecular formula is C12H11N3O2S2. The molecule has 7 heteroatoms. The Morgan fingerprint density at radius 2 is 2.05 bits per heavy atom. The third-order valence-electron chi connectivity index (χ3n) is 2.45. The largest absolute Gasteiger partial charge is 0.399 e. The molecule has 0 aliphatic heterocycles. The molecule has 0 saturated carbocycles. The van der Waals surface area contributed by atoms with Gasteiger partial charge in [0, 0.05) is 5.69 Å². The van der Waals surface area contributed by atoms with Crippen LogP contribution < -0.4 is 10.5 Å². The van der Waals surface area contributed by atoms with Crippen LogP contribution in [0, 0.1) is 18.3 Å². The Bertz CT molecular complexity index is 758. The van der Waals surface area contributed by atoms with Crippen LogP contribution in [0.1, 0.15) is 10.4 Å². The lowest BCUT2D eigenvalue weighted by Gasteiger charge is -2.09. The molecule has 0 aliphatic rings. The highest BCUT2D eigenvalue weighted by Gasteiger charge is 2.17. The number of aryl methyl sites for hydroxylation is 1. The molecule has 0 saturated heterocycles. The number of nitrogens with one attached hydrogen (secondary N) is 1. The van der Waals surface area contributed by atoms with Gasteiger partial charge in [-0.2, -0.15) is 5.26 Å². The summed E-state index contributed by atoms with van der Waals surface area (Å²) in [7, 11) is -3.66. The lowest BCUT2D eigenvalue weighted by Crippen LogP contribution is -2.12. The number of sulfonamides is 1. The molecule has 98 valence electrons. The number of thiophene rings is 1. The summed E-state index contributed by atoms with van der Waals surface area (Å²) in [6.07, 6.45) is 0. The maximum absolute atomic E-state index is 12.1. The quantitative estimate of drug-likeness (QED) is 0.849. The highest BCUT2D eigenvalue weighted by Crippen LogP contribution is 2.25. The molecule has 0 spiro atoms. The molecule has 5 nitrogen and oxygen atoms in total. The molecule has 0 atom stereocenters. The van der Waals surface area contributed by atoms with E-state index in [-0.39, 0.29) is 4.21 Å². The number of nitrogens with two attached hydrogens (primary N) is 1. The molecule has 1 aromatic heterocycles. The van der Waals surface area contributed by atoms with E-state index in [0.29, 0.717) is 16.3 Å². The van der Waals surface area contributed by atoms with Crippen molar-refractivity contribution in [1.82, 2.24) is 0 Å². The molecule has 0 aliphatic carbocycles. The molecule has 2 rings (SSSR count). The maximum atomic E-state index is 12.1. The number of anilines is 2. The van der Waals surface area contributed by atoms with Crippen LogP contribution in [0.3, 0.4) is 0 Å². The Morgan fingerprint density at radius 3 is 2.63 bits per heavy atom. The number of hydrogen-bond acceptors (Lipinski definition) is 5. The molecule has 3 N–H and O–H groups in total. The molecule has 0 unspecified atom stereocenters. The van der Waals surface area contributed by atoms with E-state index in [1.165, 1.54) is 12.1 Å². The minimum absolute atomic E-state index is 0.111. The fraction of sp³-hybridized carbons (Fsp3) is 0.0833. The minimum Gasteiger partial charge on any atom is -0.399 e. The Morgan fingerprint density at radius 1 is 1.32 bits per heavy atom. The average molecular weight is 293 g/mol. The van der Waals surface area contributed by atoms with Crippen molar-refractivity contribution < 1.29 is 8.42 Å². The van der Waals surface area contributed by atoms with Crippen molar-refractivity contribution in [2.75, 3.05) is 10.5 Å². The Hall–Kier alpha value is -2.04. The molecule has 1 aromatic carbocycles. The van der Waals surface area contributed by atoms with Gasteiger partial charge in [0.15, 0.2) is 0 Å². The summed E-state index contributed by atoms with van der Waals surface area (Å²) >= 11 is 0.932. The zero-order valence-electron chi connectivity index (χ0n) is 10.0. The third-order valence-corrected chi connectivity index (χ3v) is 5.30. The van der Waals surface area contributed by atoms with Crippen LogP contribution in [-0.2, 0) is 10.0 Å². The van der Waals surface area contributed by atoms with Crippen molar-refractivity contribution in [3.8, 4) is 6.07 Å². The van der Waals surface area contributed by atoms with Crippen molar-refractivity contribution in [2.45, 2.75) is 11.1 Å². The predicted octanol–water partition coefficient (Wildman–Crippen LogP) is 2.31. The first-order valence-electron chi connectivity index (χ1n) is 5.31. The van der Waals surface area contributed by atoms with Crippen molar-refractivity contribution in [2.24, 2.45) is 0 Å².